The summed E-state index contributed by atoms with van der Waals surface area (Å²) in [6.07, 6.45) is 0. The highest BCUT2D eigenvalue weighted by molar-refractivity contribution is 6.17. The molecular formula is C13H17ClFNO. The second-order valence-corrected chi connectivity index (χ2v) is 5.22. The minimum Gasteiger partial charge on any atom is -0.372 e. The molecule has 94 valence electrons. The van der Waals surface area contributed by atoms with Crippen LogP contribution in [0.15, 0.2) is 18.2 Å². The first-order valence-electron chi connectivity index (χ1n) is 5.75. The number of benzene rings is 1. The zero-order valence-corrected chi connectivity index (χ0v) is 10.9. The fourth-order valence-corrected chi connectivity index (χ4v) is 2.28. The lowest BCUT2D eigenvalue weighted by molar-refractivity contribution is -0.0278. The van der Waals surface area contributed by atoms with Crippen LogP contribution in [0.2, 0.25) is 0 Å². The van der Waals surface area contributed by atoms with Crippen molar-refractivity contribution in [2.24, 2.45) is 0 Å². The second kappa shape index (κ2) is 4.83. The number of alkyl halides is 1. The molecule has 0 spiro atoms. The summed E-state index contributed by atoms with van der Waals surface area (Å²) in [6, 6.07) is 5.17. The van der Waals surface area contributed by atoms with E-state index in [1.165, 1.54) is 6.07 Å². The van der Waals surface area contributed by atoms with Gasteiger partial charge >= 0.3 is 0 Å². The molecule has 0 N–H and O–H groups in total. The van der Waals surface area contributed by atoms with Crippen LogP contribution in [0, 0.1) is 5.82 Å². The Morgan fingerprint density at radius 1 is 1.47 bits per heavy atom. The SMILES string of the molecule is CC1(C)CN(c2ccc(CCl)cc2F)CCO1. The van der Waals surface area contributed by atoms with E-state index in [0.717, 1.165) is 12.1 Å². The maximum absolute atomic E-state index is 13.9. The molecule has 1 saturated heterocycles. The average Bonchev–Trinajstić information content (AvgIpc) is 2.27. The van der Waals surface area contributed by atoms with Crippen LogP contribution in [0.1, 0.15) is 19.4 Å². The molecule has 0 aliphatic carbocycles. The molecule has 0 amide bonds. The minimum atomic E-state index is -0.226. The lowest BCUT2D eigenvalue weighted by Crippen LogP contribution is -2.48. The standard InChI is InChI=1S/C13H17ClFNO/c1-13(2)9-16(5-6-17-13)12-4-3-10(8-14)7-11(12)15/h3-4,7H,5-6,8-9H2,1-2H3. The van der Waals surface area contributed by atoms with Crippen LogP contribution < -0.4 is 4.90 Å². The van der Waals surface area contributed by atoms with Gasteiger partial charge in [-0.2, -0.15) is 0 Å². The van der Waals surface area contributed by atoms with Crippen LogP contribution in [-0.2, 0) is 10.6 Å². The summed E-state index contributed by atoms with van der Waals surface area (Å²) in [5.41, 5.74) is 1.21. The number of nitrogens with zero attached hydrogens (tertiary/aromatic N) is 1. The summed E-state index contributed by atoms with van der Waals surface area (Å²) in [4.78, 5) is 2.02. The van der Waals surface area contributed by atoms with E-state index in [9.17, 15) is 4.39 Å². The molecule has 1 fully saturated rings. The van der Waals surface area contributed by atoms with E-state index in [0.29, 0.717) is 24.7 Å². The molecule has 1 aromatic rings. The summed E-state index contributed by atoms with van der Waals surface area (Å²) in [5.74, 6) is 0.132. The highest BCUT2D eigenvalue weighted by Gasteiger charge is 2.28. The number of hydrogen-bond donors (Lipinski definition) is 0. The van der Waals surface area contributed by atoms with Gasteiger partial charge in [0.25, 0.3) is 0 Å². The van der Waals surface area contributed by atoms with Crippen LogP contribution in [-0.4, -0.2) is 25.3 Å². The van der Waals surface area contributed by atoms with Gasteiger partial charge in [-0.1, -0.05) is 6.07 Å². The van der Waals surface area contributed by atoms with Gasteiger partial charge in [0.15, 0.2) is 0 Å². The average molecular weight is 258 g/mol. The molecule has 0 unspecified atom stereocenters. The van der Waals surface area contributed by atoms with E-state index < -0.39 is 0 Å². The van der Waals surface area contributed by atoms with Gasteiger partial charge in [-0.05, 0) is 31.5 Å². The van der Waals surface area contributed by atoms with Gasteiger partial charge in [0, 0.05) is 19.0 Å². The largest absolute Gasteiger partial charge is 0.372 e. The van der Waals surface area contributed by atoms with Crippen LogP contribution in [0.5, 0.6) is 0 Å². The third-order valence-electron chi connectivity index (χ3n) is 2.93. The minimum absolute atomic E-state index is 0.208. The van der Waals surface area contributed by atoms with Crippen molar-refractivity contribution < 1.29 is 9.13 Å². The number of hydrogen-bond acceptors (Lipinski definition) is 2. The van der Waals surface area contributed by atoms with Crippen LogP contribution >= 0.6 is 11.6 Å². The molecule has 1 aliphatic rings. The smallest absolute Gasteiger partial charge is 0.146 e. The molecule has 4 heteroatoms. The van der Waals surface area contributed by atoms with E-state index >= 15 is 0 Å². The second-order valence-electron chi connectivity index (χ2n) is 4.95. The summed E-state index contributed by atoms with van der Waals surface area (Å²) < 4.78 is 19.5. The van der Waals surface area contributed by atoms with E-state index in [4.69, 9.17) is 16.3 Å². The van der Waals surface area contributed by atoms with E-state index in [1.54, 1.807) is 6.07 Å². The molecule has 0 atom stereocenters. The number of morpholine rings is 1. The topological polar surface area (TPSA) is 12.5 Å². The zero-order chi connectivity index (χ0) is 12.5. The Morgan fingerprint density at radius 3 is 2.82 bits per heavy atom. The van der Waals surface area contributed by atoms with Crippen LogP contribution in [0.25, 0.3) is 0 Å². The number of rotatable bonds is 2. The highest BCUT2D eigenvalue weighted by Crippen LogP contribution is 2.26. The monoisotopic (exact) mass is 257 g/mol. The summed E-state index contributed by atoms with van der Waals surface area (Å²) in [6.45, 7) is 6.09. The van der Waals surface area contributed by atoms with Gasteiger partial charge in [0.2, 0.25) is 0 Å². The molecular weight excluding hydrogens is 241 g/mol. The predicted molar refractivity (Wildman–Crippen MR) is 68.2 cm³/mol. The third-order valence-corrected chi connectivity index (χ3v) is 3.24. The maximum Gasteiger partial charge on any atom is 0.146 e. The molecule has 1 heterocycles. The van der Waals surface area contributed by atoms with E-state index in [1.807, 2.05) is 24.8 Å². The Kier molecular flexibility index (Phi) is 3.59. The number of anilines is 1. The molecule has 0 saturated carbocycles. The molecule has 17 heavy (non-hydrogen) atoms. The summed E-state index contributed by atoms with van der Waals surface area (Å²) >= 11 is 5.68. The first-order valence-corrected chi connectivity index (χ1v) is 6.28. The Hall–Kier alpha value is -0.800. The Balaban J connectivity index is 2.22. The van der Waals surface area contributed by atoms with Gasteiger partial charge < -0.3 is 9.64 Å². The van der Waals surface area contributed by atoms with Crippen molar-refractivity contribution in [2.45, 2.75) is 25.3 Å². The Morgan fingerprint density at radius 2 is 2.24 bits per heavy atom. The summed E-state index contributed by atoms with van der Waals surface area (Å²) in [5, 5.41) is 0. The number of ether oxygens (including phenoxy) is 1. The van der Waals surface area contributed by atoms with Crippen LogP contribution in [0.4, 0.5) is 10.1 Å². The molecule has 0 aromatic heterocycles. The van der Waals surface area contributed by atoms with Gasteiger partial charge in [-0.25, -0.2) is 4.39 Å². The Labute approximate surface area is 106 Å². The fraction of sp³-hybridized carbons (Fsp3) is 0.538. The lowest BCUT2D eigenvalue weighted by Gasteiger charge is -2.39. The number of halogens is 2. The third kappa shape index (κ3) is 2.90. The predicted octanol–water partition coefficient (Wildman–Crippen LogP) is 3.18. The Bertz CT molecular complexity index is 408. The lowest BCUT2D eigenvalue weighted by atomic mass is 10.1. The van der Waals surface area contributed by atoms with Gasteiger partial charge in [0.05, 0.1) is 17.9 Å². The quantitative estimate of drug-likeness (QED) is 0.755. The normalized spacial score (nSPS) is 19.4. The van der Waals surface area contributed by atoms with Crippen molar-refractivity contribution in [2.75, 3.05) is 24.6 Å². The molecule has 2 rings (SSSR count). The van der Waals surface area contributed by atoms with Crippen molar-refractivity contribution in [1.82, 2.24) is 0 Å². The molecule has 1 aromatic carbocycles. The summed E-state index contributed by atoms with van der Waals surface area (Å²) in [7, 11) is 0. The fourth-order valence-electron chi connectivity index (χ4n) is 2.11. The highest BCUT2D eigenvalue weighted by atomic mass is 35.5. The van der Waals surface area contributed by atoms with Gasteiger partial charge in [-0.15, -0.1) is 11.6 Å². The molecule has 2 nitrogen and oxygen atoms in total. The van der Waals surface area contributed by atoms with Crippen LogP contribution in [0.3, 0.4) is 0 Å². The molecule has 0 bridgehead atoms. The first kappa shape index (κ1) is 12.7. The maximum atomic E-state index is 13.9. The molecule has 1 aliphatic heterocycles. The van der Waals surface area contributed by atoms with E-state index in [-0.39, 0.29) is 11.4 Å². The van der Waals surface area contributed by atoms with Crippen molar-refractivity contribution in [1.29, 1.82) is 0 Å². The molecule has 0 radical (unpaired) electrons. The first-order chi connectivity index (χ1) is 8.02. The van der Waals surface area contributed by atoms with Crippen molar-refractivity contribution in [3.8, 4) is 0 Å². The van der Waals surface area contributed by atoms with Crippen molar-refractivity contribution >= 4 is 17.3 Å². The van der Waals surface area contributed by atoms with Crippen molar-refractivity contribution in [3.63, 3.8) is 0 Å². The van der Waals surface area contributed by atoms with Gasteiger partial charge in [-0.3, -0.25) is 0 Å². The van der Waals surface area contributed by atoms with Gasteiger partial charge in [0.1, 0.15) is 5.82 Å². The zero-order valence-electron chi connectivity index (χ0n) is 10.2. The van der Waals surface area contributed by atoms with Crippen molar-refractivity contribution in [3.05, 3.63) is 29.6 Å². The van der Waals surface area contributed by atoms with E-state index in [2.05, 4.69) is 0 Å².